The molecule has 5 nitrogen and oxygen atoms in total. The van der Waals surface area contributed by atoms with Gasteiger partial charge in [0.2, 0.25) is 0 Å². The number of hydrogen-bond acceptors (Lipinski definition) is 3. The highest BCUT2D eigenvalue weighted by Gasteiger charge is 2.16. The van der Waals surface area contributed by atoms with Crippen molar-refractivity contribution in [1.29, 1.82) is 0 Å². The molecule has 6 heteroatoms. The Labute approximate surface area is 117 Å². The Morgan fingerprint density at radius 2 is 1.95 bits per heavy atom. The maximum atomic E-state index is 11.9. The summed E-state index contributed by atoms with van der Waals surface area (Å²) in [7, 11) is 0. The van der Waals surface area contributed by atoms with Crippen LogP contribution in [0.1, 0.15) is 5.56 Å². The van der Waals surface area contributed by atoms with Gasteiger partial charge >= 0.3 is 6.03 Å². The molecule has 1 heterocycles. The van der Waals surface area contributed by atoms with Crippen LogP contribution in [0, 0.1) is 0 Å². The zero-order chi connectivity index (χ0) is 13.7. The van der Waals surface area contributed by atoms with Crippen LogP contribution < -0.4 is 11.1 Å². The average Bonchev–Trinajstić information content (AvgIpc) is 2.41. The number of carbonyl (C=O) groups is 1. The van der Waals surface area contributed by atoms with E-state index in [4.69, 9.17) is 22.7 Å². The number of thiocarbonyl (C=S) groups is 1. The molecule has 0 saturated carbocycles. The molecule has 2 rings (SSSR count). The van der Waals surface area contributed by atoms with Gasteiger partial charge in [-0.2, -0.15) is 0 Å². The van der Waals surface area contributed by atoms with Crippen LogP contribution in [0.15, 0.2) is 24.3 Å². The number of benzene rings is 1. The third-order valence-electron chi connectivity index (χ3n) is 2.88. The van der Waals surface area contributed by atoms with Gasteiger partial charge in [0.25, 0.3) is 0 Å². The van der Waals surface area contributed by atoms with E-state index in [0.717, 1.165) is 11.3 Å². The van der Waals surface area contributed by atoms with E-state index in [9.17, 15) is 4.79 Å². The van der Waals surface area contributed by atoms with E-state index < -0.39 is 0 Å². The average molecular weight is 279 g/mol. The number of ether oxygens (including phenoxy) is 1. The van der Waals surface area contributed by atoms with Gasteiger partial charge in [-0.15, -0.1) is 0 Å². The first-order valence-corrected chi connectivity index (χ1v) is 6.57. The van der Waals surface area contributed by atoms with Gasteiger partial charge in [0.05, 0.1) is 18.2 Å². The van der Waals surface area contributed by atoms with Crippen LogP contribution in [0.4, 0.5) is 10.5 Å². The van der Waals surface area contributed by atoms with E-state index in [-0.39, 0.29) is 6.03 Å². The second-order valence-corrected chi connectivity index (χ2v) is 4.89. The summed E-state index contributed by atoms with van der Waals surface area (Å²) in [6, 6.07) is 7.44. The van der Waals surface area contributed by atoms with Crippen LogP contribution in [0.3, 0.4) is 0 Å². The van der Waals surface area contributed by atoms with Crippen molar-refractivity contribution >= 4 is 28.9 Å². The standard InChI is InChI=1S/C13H17N3O2S/c14-12(19)9-10-1-3-11(4-2-10)15-13(17)16-5-7-18-8-6-16/h1-4H,5-9H2,(H2,14,19)(H,15,17). The molecule has 2 amide bonds. The van der Waals surface area contributed by atoms with Crippen LogP contribution in [0.2, 0.25) is 0 Å². The molecule has 1 aliphatic rings. The lowest BCUT2D eigenvalue weighted by atomic mass is 10.1. The van der Waals surface area contributed by atoms with Crippen LogP contribution in [-0.4, -0.2) is 42.2 Å². The molecule has 1 aromatic carbocycles. The molecule has 102 valence electrons. The fraction of sp³-hybridized carbons (Fsp3) is 0.385. The molecule has 1 fully saturated rings. The molecule has 1 saturated heterocycles. The Morgan fingerprint density at radius 1 is 1.32 bits per heavy atom. The van der Waals surface area contributed by atoms with Gasteiger partial charge in [0.15, 0.2) is 0 Å². The lowest BCUT2D eigenvalue weighted by Crippen LogP contribution is -2.43. The summed E-state index contributed by atoms with van der Waals surface area (Å²) in [5, 5.41) is 2.86. The van der Waals surface area contributed by atoms with Crippen LogP contribution >= 0.6 is 12.2 Å². The smallest absolute Gasteiger partial charge is 0.321 e. The predicted octanol–water partition coefficient (Wildman–Crippen LogP) is 1.38. The Hall–Kier alpha value is -1.66. The number of nitrogens with zero attached hydrogens (tertiary/aromatic N) is 1. The molecule has 0 unspecified atom stereocenters. The lowest BCUT2D eigenvalue weighted by Gasteiger charge is -2.26. The zero-order valence-corrected chi connectivity index (χ0v) is 11.4. The third-order valence-corrected chi connectivity index (χ3v) is 3.03. The minimum Gasteiger partial charge on any atom is -0.393 e. The molecule has 19 heavy (non-hydrogen) atoms. The second kappa shape index (κ2) is 6.49. The highest BCUT2D eigenvalue weighted by Crippen LogP contribution is 2.11. The second-order valence-electron chi connectivity index (χ2n) is 4.37. The van der Waals surface area contributed by atoms with E-state index in [1.54, 1.807) is 4.90 Å². The van der Waals surface area contributed by atoms with E-state index in [2.05, 4.69) is 5.32 Å². The van der Waals surface area contributed by atoms with Crippen molar-refractivity contribution in [2.45, 2.75) is 6.42 Å². The molecule has 0 aromatic heterocycles. The van der Waals surface area contributed by atoms with Gasteiger partial charge in [0.1, 0.15) is 0 Å². The van der Waals surface area contributed by atoms with Crippen molar-refractivity contribution < 1.29 is 9.53 Å². The summed E-state index contributed by atoms with van der Waals surface area (Å²) in [6.07, 6.45) is 0.576. The molecule has 0 atom stereocenters. The Kier molecular flexibility index (Phi) is 4.70. The third kappa shape index (κ3) is 4.18. The van der Waals surface area contributed by atoms with Crippen molar-refractivity contribution in [2.24, 2.45) is 5.73 Å². The number of morpholine rings is 1. The molecule has 0 spiro atoms. The number of rotatable bonds is 3. The Balaban J connectivity index is 1.91. The highest BCUT2D eigenvalue weighted by atomic mass is 32.1. The first-order valence-electron chi connectivity index (χ1n) is 6.16. The summed E-state index contributed by atoms with van der Waals surface area (Å²) in [6.45, 7) is 2.46. The summed E-state index contributed by atoms with van der Waals surface area (Å²) in [5.74, 6) is 0. The SMILES string of the molecule is NC(=S)Cc1ccc(NC(=O)N2CCOCC2)cc1. The largest absolute Gasteiger partial charge is 0.393 e. The molecule has 3 N–H and O–H groups in total. The van der Waals surface area contributed by atoms with Crippen molar-refractivity contribution in [3.63, 3.8) is 0 Å². The van der Waals surface area contributed by atoms with Crippen LogP contribution in [0.5, 0.6) is 0 Å². The van der Waals surface area contributed by atoms with E-state index in [1.165, 1.54) is 0 Å². The summed E-state index contributed by atoms with van der Waals surface area (Å²) in [4.78, 5) is 14.2. The molecule has 1 aromatic rings. The Morgan fingerprint density at radius 3 is 2.53 bits per heavy atom. The number of anilines is 1. The number of carbonyl (C=O) groups excluding carboxylic acids is 1. The predicted molar refractivity (Wildman–Crippen MR) is 78.3 cm³/mol. The number of hydrogen-bond donors (Lipinski definition) is 2. The molecule has 1 aliphatic heterocycles. The molecule has 0 bridgehead atoms. The zero-order valence-electron chi connectivity index (χ0n) is 10.6. The minimum atomic E-state index is -0.0922. The number of urea groups is 1. The number of nitrogens with two attached hydrogens (primary N) is 1. The van der Waals surface area contributed by atoms with Gasteiger partial charge in [-0.25, -0.2) is 4.79 Å². The Bertz CT molecular complexity index is 455. The quantitative estimate of drug-likeness (QED) is 0.820. The summed E-state index contributed by atoms with van der Waals surface area (Å²) < 4.78 is 5.21. The first-order chi connectivity index (χ1) is 9.15. The molecular formula is C13H17N3O2S. The van der Waals surface area contributed by atoms with Crippen molar-refractivity contribution in [3.8, 4) is 0 Å². The van der Waals surface area contributed by atoms with Gasteiger partial charge in [-0.05, 0) is 17.7 Å². The topological polar surface area (TPSA) is 67.6 Å². The maximum Gasteiger partial charge on any atom is 0.321 e. The first kappa shape index (κ1) is 13.8. The summed E-state index contributed by atoms with van der Waals surface area (Å²) in [5.41, 5.74) is 7.29. The molecule has 0 aliphatic carbocycles. The van der Waals surface area contributed by atoms with E-state index >= 15 is 0 Å². The normalized spacial score (nSPS) is 15.1. The monoisotopic (exact) mass is 279 g/mol. The van der Waals surface area contributed by atoms with Crippen molar-refractivity contribution in [1.82, 2.24) is 4.90 Å². The van der Waals surface area contributed by atoms with Crippen molar-refractivity contribution in [2.75, 3.05) is 31.6 Å². The fourth-order valence-corrected chi connectivity index (χ4v) is 2.04. The maximum absolute atomic E-state index is 11.9. The fourth-order valence-electron chi connectivity index (χ4n) is 1.88. The number of nitrogens with one attached hydrogen (secondary N) is 1. The molecule has 0 radical (unpaired) electrons. The van der Waals surface area contributed by atoms with E-state index in [1.807, 2.05) is 24.3 Å². The number of amides is 2. The van der Waals surface area contributed by atoms with Crippen molar-refractivity contribution in [3.05, 3.63) is 29.8 Å². The van der Waals surface area contributed by atoms with Gasteiger partial charge in [-0.1, -0.05) is 24.4 Å². The van der Waals surface area contributed by atoms with E-state index in [0.29, 0.717) is 37.7 Å². The minimum absolute atomic E-state index is 0.0922. The van der Waals surface area contributed by atoms with Gasteiger partial charge < -0.3 is 20.7 Å². The van der Waals surface area contributed by atoms with Crippen LogP contribution in [-0.2, 0) is 11.2 Å². The van der Waals surface area contributed by atoms with Gasteiger partial charge in [0, 0.05) is 25.2 Å². The molecular weight excluding hydrogens is 262 g/mol. The highest BCUT2D eigenvalue weighted by molar-refractivity contribution is 7.80. The lowest BCUT2D eigenvalue weighted by molar-refractivity contribution is 0.0564. The van der Waals surface area contributed by atoms with Gasteiger partial charge in [-0.3, -0.25) is 0 Å². The van der Waals surface area contributed by atoms with Crippen LogP contribution in [0.25, 0.3) is 0 Å². The summed E-state index contributed by atoms with van der Waals surface area (Å²) >= 11 is 4.86.